The van der Waals surface area contributed by atoms with Gasteiger partial charge in [-0.15, -0.1) is 0 Å². The third kappa shape index (κ3) is 2.77. The van der Waals surface area contributed by atoms with Crippen molar-refractivity contribution in [2.75, 3.05) is 12.8 Å². The van der Waals surface area contributed by atoms with Crippen LogP contribution in [-0.2, 0) is 16.4 Å². The van der Waals surface area contributed by atoms with Crippen molar-refractivity contribution in [3.05, 3.63) is 16.9 Å². The summed E-state index contributed by atoms with van der Waals surface area (Å²) in [5.74, 6) is 0. The van der Waals surface area contributed by atoms with Gasteiger partial charge in [-0.2, -0.15) is 5.10 Å². The van der Waals surface area contributed by atoms with Crippen LogP contribution in [0.5, 0.6) is 0 Å². The number of nitrogens with one attached hydrogen (secondary N) is 1. The fourth-order valence-corrected chi connectivity index (χ4v) is 2.69. The molecule has 2 rings (SSSR count). The van der Waals surface area contributed by atoms with Crippen molar-refractivity contribution in [1.82, 2.24) is 19.3 Å². The van der Waals surface area contributed by atoms with E-state index in [-0.39, 0.29) is 0 Å². The number of aromatic nitrogens is 3. The molecule has 2 aromatic rings. The van der Waals surface area contributed by atoms with Gasteiger partial charge in [0, 0.05) is 13.0 Å². The number of imidazole rings is 1. The van der Waals surface area contributed by atoms with E-state index < -0.39 is 10.0 Å². The minimum absolute atomic E-state index is 0.370. The Morgan fingerprint density at radius 3 is 2.94 bits per heavy atom. The summed E-state index contributed by atoms with van der Waals surface area (Å²) in [5, 5.41) is 5.16. The molecule has 0 aromatic carbocycles. The Kier molecular flexibility index (Phi) is 2.96. The van der Waals surface area contributed by atoms with Crippen molar-refractivity contribution in [2.45, 2.75) is 13.3 Å². The highest BCUT2D eigenvalue weighted by Crippen LogP contribution is 2.14. The normalized spacial score (nSPS) is 12.4. The van der Waals surface area contributed by atoms with Crippen molar-refractivity contribution in [2.24, 2.45) is 0 Å². The minimum Gasteiger partial charge on any atom is -0.223 e. The minimum atomic E-state index is -3.11. The molecule has 88 valence electrons. The molecule has 0 saturated carbocycles. The lowest BCUT2D eigenvalue weighted by Crippen LogP contribution is -2.24. The van der Waals surface area contributed by atoms with Crippen LogP contribution in [0.4, 0.5) is 0 Å². The summed E-state index contributed by atoms with van der Waals surface area (Å²) in [5.41, 5.74) is 0.930. The van der Waals surface area contributed by atoms with Gasteiger partial charge in [0.2, 0.25) is 15.0 Å². The van der Waals surface area contributed by atoms with Crippen LogP contribution >= 0.6 is 11.3 Å². The van der Waals surface area contributed by atoms with Crippen LogP contribution in [0.1, 0.15) is 10.7 Å². The van der Waals surface area contributed by atoms with Gasteiger partial charge < -0.3 is 0 Å². The molecule has 2 aromatic heterocycles. The van der Waals surface area contributed by atoms with Gasteiger partial charge in [-0.1, -0.05) is 11.3 Å². The molecule has 8 heteroatoms. The van der Waals surface area contributed by atoms with E-state index in [0.29, 0.717) is 13.0 Å². The maximum Gasteiger partial charge on any atom is 0.212 e. The molecule has 16 heavy (non-hydrogen) atoms. The van der Waals surface area contributed by atoms with Crippen LogP contribution in [0.2, 0.25) is 0 Å². The van der Waals surface area contributed by atoms with E-state index in [0.717, 1.165) is 21.9 Å². The molecule has 0 aliphatic carbocycles. The first-order valence-corrected chi connectivity index (χ1v) is 7.41. The number of hydrogen-bond donors (Lipinski definition) is 1. The van der Waals surface area contributed by atoms with Gasteiger partial charge >= 0.3 is 0 Å². The van der Waals surface area contributed by atoms with Gasteiger partial charge in [0.05, 0.1) is 18.1 Å². The molecule has 0 bridgehead atoms. The summed E-state index contributed by atoms with van der Waals surface area (Å²) in [4.78, 5) is 5.11. The van der Waals surface area contributed by atoms with Gasteiger partial charge in [0.25, 0.3) is 0 Å². The number of nitrogens with zero attached hydrogens (tertiary/aromatic N) is 3. The Bertz CT molecular complexity index is 567. The van der Waals surface area contributed by atoms with Crippen LogP contribution in [0.25, 0.3) is 4.96 Å². The second-order valence-corrected chi connectivity index (χ2v) is 6.40. The van der Waals surface area contributed by atoms with E-state index in [1.54, 1.807) is 4.52 Å². The molecular formula is C8H12N4O2S2. The maximum atomic E-state index is 10.8. The summed E-state index contributed by atoms with van der Waals surface area (Å²) < 4.78 is 25.8. The molecule has 0 saturated heterocycles. The fourth-order valence-electron chi connectivity index (χ4n) is 1.29. The molecular weight excluding hydrogens is 248 g/mol. The molecule has 0 unspecified atom stereocenters. The number of aryl methyl sites for hydroxylation is 1. The van der Waals surface area contributed by atoms with E-state index in [4.69, 9.17) is 0 Å². The van der Waals surface area contributed by atoms with E-state index >= 15 is 0 Å². The second-order valence-electron chi connectivity index (χ2n) is 3.52. The Hall–Kier alpha value is -0.990. The second kappa shape index (κ2) is 4.11. The zero-order chi connectivity index (χ0) is 11.8. The average molecular weight is 260 g/mol. The monoisotopic (exact) mass is 260 g/mol. The highest BCUT2D eigenvalue weighted by Gasteiger charge is 2.07. The molecule has 6 nitrogen and oxygen atoms in total. The van der Waals surface area contributed by atoms with Crippen molar-refractivity contribution in [3.63, 3.8) is 0 Å². The summed E-state index contributed by atoms with van der Waals surface area (Å²) in [6, 6.07) is 0. The van der Waals surface area contributed by atoms with E-state index in [1.165, 1.54) is 11.3 Å². The highest BCUT2D eigenvalue weighted by molar-refractivity contribution is 7.88. The predicted molar refractivity (Wildman–Crippen MR) is 62.2 cm³/mol. The molecule has 0 amide bonds. The first kappa shape index (κ1) is 11.5. The maximum absolute atomic E-state index is 10.8. The Morgan fingerprint density at radius 1 is 1.56 bits per heavy atom. The first-order chi connectivity index (χ1) is 7.44. The third-order valence-electron chi connectivity index (χ3n) is 1.91. The zero-order valence-electron chi connectivity index (χ0n) is 8.97. The topological polar surface area (TPSA) is 76.4 Å². The van der Waals surface area contributed by atoms with Crippen LogP contribution in [-0.4, -0.2) is 35.8 Å². The molecule has 2 heterocycles. The lowest BCUT2D eigenvalue weighted by atomic mass is 10.5. The van der Waals surface area contributed by atoms with E-state index in [2.05, 4.69) is 14.8 Å². The quantitative estimate of drug-likeness (QED) is 0.851. The molecule has 0 atom stereocenters. The van der Waals surface area contributed by atoms with E-state index in [1.807, 2.05) is 13.1 Å². The molecule has 0 fully saturated rings. The number of fused-ring (bicyclic) bond motifs is 1. The van der Waals surface area contributed by atoms with Gasteiger partial charge in [0.1, 0.15) is 5.01 Å². The number of hydrogen-bond acceptors (Lipinski definition) is 5. The van der Waals surface area contributed by atoms with Crippen molar-refractivity contribution >= 4 is 26.3 Å². The summed E-state index contributed by atoms with van der Waals surface area (Å²) >= 11 is 1.47. The van der Waals surface area contributed by atoms with Gasteiger partial charge in [-0.25, -0.2) is 22.6 Å². The zero-order valence-corrected chi connectivity index (χ0v) is 10.6. The molecule has 1 N–H and O–H groups in total. The molecule has 0 spiro atoms. The lowest BCUT2D eigenvalue weighted by molar-refractivity contribution is 0.587. The first-order valence-electron chi connectivity index (χ1n) is 4.70. The fraction of sp³-hybridized carbons (Fsp3) is 0.500. The van der Waals surface area contributed by atoms with Crippen LogP contribution in [0, 0.1) is 6.92 Å². The number of sulfonamides is 1. The molecule has 0 aliphatic rings. The largest absolute Gasteiger partial charge is 0.223 e. The summed E-state index contributed by atoms with van der Waals surface area (Å²) in [6.45, 7) is 2.28. The summed E-state index contributed by atoms with van der Waals surface area (Å²) in [6.07, 6.45) is 3.57. The van der Waals surface area contributed by atoms with Crippen molar-refractivity contribution in [1.29, 1.82) is 0 Å². The standard InChI is InChI=1S/C8H12N4O2S2/c1-6-5-12-8(10-6)15-7(11-12)3-4-9-16(2,13)14/h5,9H,3-4H2,1-2H3. The number of rotatable bonds is 4. The van der Waals surface area contributed by atoms with Crippen LogP contribution in [0.15, 0.2) is 6.20 Å². The predicted octanol–water partition coefficient (Wildman–Crippen LogP) is 0.191. The highest BCUT2D eigenvalue weighted by atomic mass is 32.2. The Morgan fingerprint density at radius 2 is 2.31 bits per heavy atom. The van der Waals surface area contributed by atoms with Crippen LogP contribution in [0.3, 0.4) is 0 Å². The van der Waals surface area contributed by atoms with Crippen LogP contribution < -0.4 is 4.72 Å². The van der Waals surface area contributed by atoms with Gasteiger partial charge in [0.15, 0.2) is 0 Å². The Labute approximate surface area is 97.4 Å². The van der Waals surface area contributed by atoms with E-state index in [9.17, 15) is 8.42 Å². The SMILES string of the molecule is Cc1cn2nc(CCNS(C)(=O)=O)sc2n1. The molecule has 0 aliphatic heterocycles. The van der Waals surface area contributed by atoms with Gasteiger partial charge in [-0.05, 0) is 6.92 Å². The summed E-state index contributed by atoms with van der Waals surface area (Å²) in [7, 11) is -3.11. The van der Waals surface area contributed by atoms with Crippen molar-refractivity contribution in [3.8, 4) is 0 Å². The third-order valence-corrected chi connectivity index (χ3v) is 3.62. The van der Waals surface area contributed by atoms with Crippen molar-refractivity contribution < 1.29 is 8.42 Å². The smallest absolute Gasteiger partial charge is 0.212 e. The van der Waals surface area contributed by atoms with Gasteiger partial charge in [-0.3, -0.25) is 0 Å². The lowest BCUT2D eigenvalue weighted by Gasteiger charge is -1.98. The Balaban J connectivity index is 2.02. The molecule has 0 radical (unpaired) electrons. The average Bonchev–Trinajstić information content (AvgIpc) is 2.58.